The molecular weight excluding hydrogens is 232 g/mol. The summed E-state index contributed by atoms with van der Waals surface area (Å²) in [5, 5.41) is 3.41. The molecule has 0 aliphatic carbocycles. The molecule has 1 saturated heterocycles. The maximum Gasteiger partial charge on any atom is 0.0369 e. The predicted octanol–water partition coefficient (Wildman–Crippen LogP) is 3.73. The molecule has 1 aliphatic heterocycles. The minimum Gasteiger partial charge on any atom is -0.372 e. The quantitative estimate of drug-likeness (QED) is 0.887. The van der Waals surface area contributed by atoms with Gasteiger partial charge in [0.15, 0.2) is 0 Å². The van der Waals surface area contributed by atoms with E-state index >= 15 is 0 Å². The highest BCUT2D eigenvalue weighted by atomic mass is 15.1. The third-order valence-corrected chi connectivity index (χ3v) is 4.27. The lowest BCUT2D eigenvalue weighted by Crippen LogP contribution is -2.24. The predicted molar refractivity (Wildman–Crippen MR) is 83.8 cm³/mol. The van der Waals surface area contributed by atoms with Crippen LogP contribution in [0.15, 0.2) is 18.2 Å². The first kappa shape index (κ1) is 14.4. The van der Waals surface area contributed by atoms with E-state index in [0.29, 0.717) is 0 Å². The summed E-state index contributed by atoms with van der Waals surface area (Å²) in [6.07, 6.45) is 4.05. The molecule has 2 nitrogen and oxygen atoms in total. The standard InChI is InChI=1S/C17H28N2/c1-4-18-13-16-7-8-17(12-15(16)3)19-10-5-6-14(2)9-11-19/h7-8,12,14,18H,4-6,9-11,13H2,1-3H3. The second-order valence-corrected chi connectivity index (χ2v) is 5.91. The molecule has 0 saturated carbocycles. The van der Waals surface area contributed by atoms with Gasteiger partial charge in [-0.25, -0.2) is 0 Å². The summed E-state index contributed by atoms with van der Waals surface area (Å²) in [7, 11) is 0. The maximum atomic E-state index is 3.41. The average Bonchev–Trinajstić information content (AvgIpc) is 2.62. The minimum atomic E-state index is 0.888. The summed E-state index contributed by atoms with van der Waals surface area (Å²) >= 11 is 0. The van der Waals surface area contributed by atoms with Gasteiger partial charge in [0.25, 0.3) is 0 Å². The van der Waals surface area contributed by atoms with Crippen LogP contribution in [-0.4, -0.2) is 19.6 Å². The molecule has 1 unspecified atom stereocenters. The van der Waals surface area contributed by atoms with E-state index in [2.05, 4.69) is 49.2 Å². The maximum absolute atomic E-state index is 3.41. The number of benzene rings is 1. The first-order valence-electron chi connectivity index (χ1n) is 7.76. The molecule has 1 atom stereocenters. The summed E-state index contributed by atoms with van der Waals surface area (Å²) in [4.78, 5) is 2.56. The van der Waals surface area contributed by atoms with E-state index in [0.717, 1.165) is 19.0 Å². The second kappa shape index (κ2) is 6.95. The van der Waals surface area contributed by atoms with Gasteiger partial charge >= 0.3 is 0 Å². The van der Waals surface area contributed by atoms with Gasteiger partial charge in [0.1, 0.15) is 0 Å². The Kier molecular flexibility index (Phi) is 5.26. The van der Waals surface area contributed by atoms with Crippen molar-refractivity contribution in [2.75, 3.05) is 24.5 Å². The van der Waals surface area contributed by atoms with E-state index in [1.54, 1.807) is 0 Å². The Morgan fingerprint density at radius 1 is 1.26 bits per heavy atom. The minimum absolute atomic E-state index is 0.888. The molecular formula is C17H28N2. The lowest BCUT2D eigenvalue weighted by atomic mass is 10.0. The van der Waals surface area contributed by atoms with Crippen molar-refractivity contribution in [3.63, 3.8) is 0 Å². The Morgan fingerprint density at radius 2 is 2.11 bits per heavy atom. The van der Waals surface area contributed by atoms with Crippen LogP contribution in [0.1, 0.15) is 44.2 Å². The molecule has 2 heteroatoms. The molecule has 2 rings (SSSR count). The van der Waals surface area contributed by atoms with Crippen LogP contribution < -0.4 is 10.2 Å². The van der Waals surface area contributed by atoms with Crippen LogP contribution >= 0.6 is 0 Å². The summed E-state index contributed by atoms with van der Waals surface area (Å²) in [5.41, 5.74) is 4.25. The molecule has 1 heterocycles. The molecule has 1 aromatic rings. The molecule has 0 bridgehead atoms. The zero-order valence-electron chi connectivity index (χ0n) is 12.7. The average molecular weight is 260 g/mol. The molecule has 0 radical (unpaired) electrons. The first-order chi connectivity index (χ1) is 9.20. The number of anilines is 1. The first-order valence-corrected chi connectivity index (χ1v) is 7.76. The lowest BCUT2D eigenvalue weighted by molar-refractivity contribution is 0.521. The van der Waals surface area contributed by atoms with Crippen LogP contribution in [0.4, 0.5) is 5.69 Å². The zero-order valence-corrected chi connectivity index (χ0v) is 12.7. The van der Waals surface area contributed by atoms with E-state index in [4.69, 9.17) is 0 Å². The number of hydrogen-bond acceptors (Lipinski definition) is 2. The molecule has 0 aromatic heterocycles. The van der Waals surface area contributed by atoms with Crippen molar-refractivity contribution in [3.05, 3.63) is 29.3 Å². The highest BCUT2D eigenvalue weighted by Crippen LogP contribution is 2.24. The van der Waals surface area contributed by atoms with Gasteiger partial charge < -0.3 is 10.2 Å². The largest absolute Gasteiger partial charge is 0.372 e. The summed E-state index contributed by atoms with van der Waals surface area (Å²) in [5.74, 6) is 0.888. The van der Waals surface area contributed by atoms with Crippen LogP contribution in [0.3, 0.4) is 0 Å². The van der Waals surface area contributed by atoms with Gasteiger partial charge in [-0.15, -0.1) is 0 Å². The lowest BCUT2D eigenvalue weighted by Gasteiger charge is -2.24. The van der Waals surface area contributed by atoms with Crippen LogP contribution in [0.25, 0.3) is 0 Å². The Morgan fingerprint density at radius 3 is 2.84 bits per heavy atom. The Bertz CT molecular complexity index is 400. The van der Waals surface area contributed by atoms with E-state index < -0.39 is 0 Å². The molecule has 1 aromatic carbocycles. The normalized spacial score (nSPS) is 20.4. The van der Waals surface area contributed by atoms with Crippen LogP contribution in [0.5, 0.6) is 0 Å². The van der Waals surface area contributed by atoms with Crippen molar-refractivity contribution in [2.45, 2.75) is 46.6 Å². The molecule has 1 fully saturated rings. The van der Waals surface area contributed by atoms with Crippen molar-refractivity contribution in [1.82, 2.24) is 5.32 Å². The van der Waals surface area contributed by atoms with E-state index in [-0.39, 0.29) is 0 Å². The van der Waals surface area contributed by atoms with Crippen molar-refractivity contribution in [2.24, 2.45) is 5.92 Å². The molecule has 1 aliphatic rings. The smallest absolute Gasteiger partial charge is 0.0369 e. The van der Waals surface area contributed by atoms with Gasteiger partial charge in [-0.3, -0.25) is 0 Å². The SMILES string of the molecule is CCNCc1ccc(N2CCCC(C)CC2)cc1C. The summed E-state index contributed by atoms with van der Waals surface area (Å²) in [6.45, 7) is 11.2. The highest BCUT2D eigenvalue weighted by molar-refractivity contribution is 5.51. The fourth-order valence-electron chi connectivity index (χ4n) is 2.86. The Balaban J connectivity index is 2.06. The number of rotatable bonds is 4. The zero-order chi connectivity index (χ0) is 13.7. The number of aryl methyl sites for hydroxylation is 1. The van der Waals surface area contributed by atoms with E-state index in [1.807, 2.05) is 0 Å². The van der Waals surface area contributed by atoms with Gasteiger partial charge in [0.2, 0.25) is 0 Å². The molecule has 0 spiro atoms. The monoisotopic (exact) mass is 260 g/mol. The van der Waals surface area contributed by atoms with Crippen molar-refractivity contribution in [3.8, 4) is 0 Å². The van der Waals surface area contributed by atoms with E-state index in [1.165, 1.54) is 49.2 Å². The Hall–Kier alpha value is -1.02. The topological polar surface area (TPSA) is 15.3 Å². The molecule has 106 valence electrons. The van der Waals surface area contributed by atoms with Crippen LogP contribution in [0.2, 0.25) is 0 Å². The molecule has 0 amide bonds. The summed E-state index contributed by atoms with van der Waals surface area (Å²) in [6, 6.07) is 6.96. The van der Waals surface area contributed by atoms with E-state index in [9.17, 15) is 0 Å². The van der Waals surface area contributed by atoms with Gasteiger partial charge in [-0.1, -0.05) is 19.9 Å². The van der Waals surface area contributed by atoms with Gasteiger partial charge in [0.05, 0.1) is 0 Å². The third-order valence-electron chi connectivity index (χ3n) is 4.27. The van der Waals surface area contributed by atoms with Crippen molar-refractivity contribution < 1.29 is 0 Å². The van der Waals surface area contributed by atoms with Gasteiger partial charge in [-0.05, 0) is 61.9 Å². The molecule has 19 heavy (non-hydrogen) atoms. The highest BCUT2D eigenvalue weighted by Gasteiger charge is 2.14. The number of nitrogens with one attached hydrogen (secondary N) is 1. The number of nitrogens with zero attached hydrogens (tertiary/aromatic N) is 1. The van der Waals surface area contributed by atoms with Crippen LogP contribution in [-0.2, 0) is 6.54 Å². The fourth-order valence-corrected chi connectivity index (χ4v) is 2.86. The number of hydrogen-bond donors (Lipinski definition) is 1. The molecule has 1 N–H and O–H groups in total. The van der Waals surface area contributed by atoms with Crippen molar-refractivity contribution in [1.29, 1.82) is 0 Å². The van der Waals surface area contributed by atoms with Crippen molar-refractivity contribution >= 4 is 5.69 Å². The van der Waals surface area contributed by atoms with Gasteiger partial charge in [-0.2, -0.15) is 0 Å². The van der Waals surface area contributed by atoms with Gasteiger partial charge in [0, 0.05) is 25.3 Å². The second-order valence-electron chi connectivity index (χ2n) is 5.91. The Labute approximate surface area is 118 Å². The summed E-state index contributed by atoms with van der Waals surface area (Å²) < 4.78 is 0. The van der Waals surface area contributed by atoms with Crippen LogP contribution in [0, 0.1) is 12.8 Å². The fraction of sp³-hybridized carbons (Fsp3) is 0.647. The third kappa shape index (κ3) is 3.97.